The molecule has 3 aliphatic heterocycles. The van der Waals surface area contributed by atoms with Crippen LogP contribution in [0.5, 0.6) is 0 Å². The zero-order valence-corrected chi connectivity index (χ0v) is 59.4. The number of halogens is 1. The Morgan fingerprint density at radius 2 is 1.19 bits per heavy atom. The monoisotopic (exact) mass is 1350 g/mol. The first-order valence-electron chi connectivity index (χ1n) is 35.7. The largest absolute Gasteiger partial charge is 0.378 e. The molecule has 0 bridgehead atoms. The Morgan fingerprint density at radius 3 is 1.82 bits per heavy atom. The van der Waals surface area contributed by atoms with Crippen LogP contribution in [0.2, 0.25) is 0 Å². The molecule has 534 valence electrons. The highest BCUT2D eigenvalue weighted by Crippen LogP contribution is 2.37. The number of piperidine rings is 1. The summed E-state index contributed by atoms with van der Waals surface area (Å²) in [4.78, 5) is 189. The van der Waals surface area contributed by atoms with Crippen molar-refractivity contribution in [2.45, 2.75) is 253 Å². The molecule has 0 unspecified atom stereocenters. The first kappa shape index (κ1) is 76.3. The standard InChI is InChI=1S/C69H113ClN12O13/c1-11-45(2)59-66(92)76(6)43-57(85)74(4)44-58(86)78(8)53(40-47-24-15-12-16-25-47)64(90)75(5)42-55(83)71-51(33-39-95-50-31-29-49(70)30-32-50)63(89)82-38-23-28-52(82)62(88)73-69(34-19-20-35-69)68(94)80(10)60(48-26-17-13-18-27-48)67(93)79(9)54(65(91)81-36-21-14-22-37-81)41-56(84)77(7)46(3)61(87)72-59/h45-54,59-60H,11-44H2,1-10H3,(H,71,83)(H,72,87)(H,73,88)/t45-,46-,49?,50?,51-,52-,53-,54-,59-,60-/m0/s1. The molecular weight excluding hydrogens is 1240 g/mol. The van der Waals surface area contributed by atoms with Crippen molar-refractivity contribution in [1.82, 2.24) is 60.0 Å². The Kier molecular flexibility index (Phi) is 28.4. The van der Waals surface area contributed by atoms with E-state index in [4.69, 9.17) is 16.3 Å². The van der Waals surface area contributed by atoms with E-state index in [1.165, 1.54) is 88.4 Å². The number of amides is 12. The van der Waals surface area contributed by atoms with Gasteiger partial charge in [0.05, 0.1) is 32.2 Å². The summed E-state index contributed by atoms with van der Waals surface area (Å²) in [7, 11) is 10.3. The molecule has 26 heteroatoms. The van der Waals surface area contributed by atoms with E-state index in [0.717, 1.165) is 96.3 Å². The molecule has 0 radical (unpaired) electrons. The number of fused-ring (bicyclic) bond motifs is 1. The molecule has 0 aromatic heterocycles. The van der Waals surface area contributed by atoms with Crippen molar-refractivity contribution >= 4 is 82.5 Å². The molecule has 3 saturated heterocycles. The number of likely N-dealkylation sites (N-methyl/N-ethyl adjacent to an activating group) is 7. The van der Waals surface area contributed by atoms with Crippen LogP contribution in [-0.4, -0.2) is 270 Å². The Labute approximate surface area is 568 Å². The van der Waals surface area contributed by atoms with Crippen molar-refractivity contribution in [3.8, 4) is 0 Å². The third-order valence-electron chi connectivity index (χ3n) is 22.1. The van der Waals surface area contributed by atoms with E-state index >= 15 is 19.2 Å². The topological polar surface area (TPSA) is 279 Å². The number of rotatable bonds is 10. The van der Waals surface area contributed by atoms with Crippen molar-refractivity contribution in [1.29, 1.82) is 0 Å². The maximum atomic E-state index is 15.7. The van der Waals surface area contributed by atoms with Gasteiger partial charge in [0, 0.05) is 81.0 Å². The zero-order valence-electron chi connectivity index (χ0n) is 58.7. The second kappa shape index (κ2) is 35.4. The Morgan fingerprint density at radius 1 is 0.589 bits per heavy atom. The fourth-order valence-electron chi connectivity index (χ4n) is 15.5. The number of nitrogens with one attached hydrogen (secondary N) is 3. The van der Waals surface area contributed by atoms with Gasteiger partial charge < -0.3 is 64.8 Å². The number of carbonyl (C=O) groups is 12. The Balaban J connectivity index is 1.24. The van der Waals surface area contributed by atoms with E-state index < -0.39 is 151 Å². The zero-order chi connectivity index (χ0) is 69.4. The number of hydrogen-bond donors (Lipinski definition) is 3. The van der Waals surface area contributed by atoms with Crippen LogP contribution in [0, 0.1) is 17.8 Å². The predicted octanol–water partition coefficient (Wildman–Crippen LogP) is 4.05. The van der Waals surface area contributed by atoms with Gasteiger partial charge in [-0.2, -0.15) is 0 Å². The van der Waals surface area contributed by atoms with Crippen molar-refractivity contribution in [2.24, 2.45) is 17.8 Å². The van der Waals surface area contributed by atoms with Gasteiger partial charge in [0.2, 0.25) is 70.9 Å². The van der Waals surface area contributed by atoms with Crippen LogP contribution >= 0.6 is 11.6 Å². The van der Waals surface area contributed by atoms with Gasteiger partial charge in [0.15, 0.2) is 0 Å². The minimum atomic E-state index is -1.47. The molecular formula is C69H113ClN12O13. The summed E-state index contributed by atoms with van der Waals surface area (Å²) in [5.74, 6) is -7.53. The molecule has 4 aliphatic carbocycles. The fraction of sp³-hybridized carbons (Fsp3) is 0.826. The summed E-state index contributed by atoms with van der Waals surface area (Å²) in [5.41, 5.74) is -1.47. The molecule has 25 nitrogen and oxygen atoms in total. The average Bonchev–Trinajstić information content (AvgIpc) is 1.77. The molecule has 7 fully saturated rings. The van der Waals surface area contributed by atoms with E-state index in [1.54, 1.807) is 18.9 Å². The number of nitrogens with zero attached hydrogens (tertiary/aromatic N) is 9. The lowest BCUT2D eigenvalue weighted by Gasteiger charge is -2.43. The van der Waals surface area contributed by atoms with Crippen LogP contribution < -0.4 is 16.0 Å². The van der Waals surface area contributed by atoms with Gasteiger partial charge in [0.25, 0.3) is 0 Å². The van der Waals surface area contributed by atoms with Crippen LogP contribution in [0.25, 0.3) is 0 Å². The first-order valence-corrected chi connectivity index (χ1v) is 36.2. The van der Waals surface area contributed by atoms with Gasteiger partial charge in [-0.15, -0.1) is 11.6 Å². The van der Waals surface area contributed by atoms with Gasteiger partial charge in [-0.05, 0) is 121 Å². The maximum absolute atomic E-state index is 15.7. The highest BCUT2D eigenvalue weighted by molar-refractivity contribution is 6.20. The fourth-order valence-corrected chi connectivity index (χ4v) is 15.7. The van der Waals surface area contributed by atoms with Gasteiger partial charge in [-0.3, -0.25) is 57.5 Å². The molecule has 1 spiro atoms. The highest BCUT2D eigenvalue weighted by Gasteiger charge is 2.51. The number of hydrogen-bond acceptors (Lipinski definition) is 13. The molecule has 3 N–H and O–H groups in total. The molecule has 7 rings (SSSR count). The Bertz CT molecular complexity index is 2710. The van der Waals surface area contributed by atoms with Crippen LogP contribution in [0.3, 0.4) is 0 Å². The molecule has 8 atom stereocenters. The third kappa shape index (κ3) is 19.6. The lowest BCUT2D eigenvalue weighted by Crippen LogP contribution is -2.65. The lowest BCUT2D eigenvalue weighted by molar-refractivity contribution is -0.157. The van der Waals surface area contributed by atoms with Gasteiger partial charge in [0.1, 0.15) is 47.8 Å². The van der Waals surface area contributed by atoms with E-state index in [-0.39, 0.29) is 62.2 Å². The van der Waals surface area contributed by atoms with Gasteiger partial charge in [-0.1, -0.05) is 84.5 Å². The van der Waals surface area contributed by atoms with Gasteiger partial charge >= 0.3 is 0 Å². The van der Waals surface area contributed by atoms with E-state index in [9.17, 15) is 38.4 Å². The minimum absolute atomic E-state index is 0.0351. The van der Waals surface area contributed by atoms with E-state index in [0.29, 0.717) is 58.0 Å². The smallest absolute Gasteiger partial charge is 0.248 e. The minimum Gasteiger partial charge on any atom is -0.378 e. The quantitative estimate of drug-likeness (QED) is 0.261. The van der Waals surface area contributed by atoms with Crippen molar-refractivity contribution in [2.75, 3.05) is 95.2 Å². The van der Waals surface area contributed by atoms with Crippen molar-refractivity contribution in [3.05, 3.63) is 0 Å². The summed E-state index contributed by atoms with van der Waals surface area (Å²) in [5, 5.41) is 8.94. The normalized spacial score (nSPS) is 30.0. The van der Waals surface area contributed by atoms with Crippen LogP contribution in [0.1, 0.15) is 194 Å². The summed E-state index contributed by atoms with van der Waals surface area (Å²) >= 11 is 6.43. The molecule has 7 aliphatic rings. The molecule has 3 heterocycles. The molecule has 0 aromatic rings. The van der Waals surface area contributed by atoms with E-state index in [2.05, 4.69) is 16.0 Å². The maximum Gasteiger partial charge on any atom is 0.248 e. The number of alkyl halides is 1. The second-order valence-electron chi connectivity index (χ2n) is 28.9. The second-order valence-corrected chi connectivity index (χ2v) is 29.5. The average molecular weight is 1350 g/mol. The molecule has 0 aromatic carbocycles. The van der Waals surface area contributed by atoms with E-state index in [1.807, 2.05) is 6.92 Å². The Hall–Kier alpha value is -6.11. The number of carbonyl (C=O) groups excluding carboxylic acids is 12. The number of ether oxygens (including phenoxy) is 1. The molecule has 12 amide bonds. The van der Waals surface area contributed by atoms with Crippen LogP contribution in [0.4, 0.5) is 0 Å². The van der Waals surface area contributed by atoms with Crippen molar-refractivity contribution < 1.29 is 62.3 Å². The van der Waals surface area contributed by atoms with Crippen LogP contribution in [-0.2, 0) is 62.3 Å². The number of likely N-dealkylation sites (tertiary alicyclic amines) is 1. The summed E-state index contributed by atoms with van der Waals surface area (Å²) < 4.78 is 6.31. The molecule has 4 saturated carbocycles. The molecule has 95 heavy (non-hydrogen) atoms. The highest BCUT2D eigenvalue weighted by atomic mass is 35.5. The third-order valence-corrected chi connectivity index (χ3v) is 22.6. The predicted molar refractivity (Wildman–Crippen MR) is 357 cm³/mol. The van der Waals surface area contributed by atoms with Gasteiger partial charge in [-0.25, -0.2) is 0 Å². The first-order chi connectivity index (χ1) is 45.2. The lowest BCUT2D eigenvalue weighted by atomic mass is 9.81. The van der Waals surface area contributed by atoms with Crippen molar-refractivity contribution in [3.63, 3.8) is 0 Å². The SMILES string of the molecule is CC[C@H](C)[C@@H]1NC(=O)[C@H](C)N(C)C(=O)C[C@@H](C(=O)N2CCCCC2)N(C)C(=O)[C@H](C2CCCCC2)N(C)C(=O)C2(CCCC2)NC(=O)[C@@H]2CCCN2C(=O)[C@H](CCOC2CCC(Cl)CC2)NC(=O)CN(C)C(=O)[C@H](CC2CCCCC2)N(C)C(=O)CN(C)C(=O)CN(C)C1=O. The van der Waals surface area contributed by atoms with Crippen LogP contribution in [0.15, 0.2) is 0 Å². The summed E-state index contributed by atoms with van der Waals surface area (Å²) in [6.07, 6.45) is 16.2. The summed E-state index contributed by atoms with van der Waals surface area (Å²) in [6.45, 7) is 4.77. The summed E-state index contributed by atoms with van der Waals surface area (Å²) in [6, 6.07) is -8.07.